The number of methoxy groups -OCH3 is 1. The average molecular weight is 447 g/mol. The van der Waals surface area contributed by atoms with Gasteiger partial charge in [-0.15, -0.1) is 6.58 Å². The molecule has 5 rings (SSSR count). The van der Waals surface area contributed by atoms with Crippen LogP contribution in [-0.2, 0) is 17.8 Å². The van der Waals surface area contributed by atoms with Crippen molar-refractivity contribution >= 4 is 16.8 Å². The molecule has 2 atom stereocenters. The summed E-state index contributed by atoms with van der Waals surface area (Å²) in [7, 11) is 1.71. The minimum Gasteiger partial charge on any atom is -0.496 e. The second kappa shape index (κ2) is 9.37. The zero-order valence-electron chi connectivity index (χ0n) is 18.9. The topological polar surface area (TPSA) is 68.6 Å². The predicted octanol–water partition coefficient (Wildman–Crippen LogP) is 3.39. The molecule has 0 spiro atoms. The average Bonchev–Trinajstić information content (AvgIpc) is 3.19. The van der Waals surface area contributed by atoms with Crippen molar-refractivity contribution in [2.24, 2.45) is 0 Å². The van der Waals surface area contributed by atoms with Crippen LogP contribution in [0.25, 0.3) is 10.9 Å². The van der Waals surface area contributed by atoms with Crippen LogP contribution in [0.5, 0.6) is 5.75 Å². The Morgan fingerprint density at radius 1 is 1.18 bits per heavy atom. The Bertz CT molecular complexity index is 1140. The minimum atomic E-state index is -0.115. The van der Waals surface area contributed by atoms with Gasteiger partial charge in [-0.3, -0.25) is 14.4 Å². The number of nitrogens with one attached hydrogen (secondary N) is 1. The van der Waals surface area contributed by atoms with Crippen molar-refractivity contribution in [3.05, 3.63) is 72.4 Å². The lowest BCUT2D eigenvalue weighted by molar-refractivity contribution is -0.0845. The molecule has 2 aliphatic rings. The van der Waals surface area contributed by atoms with Gasteiger partial charge in [-0.2, -0.15) is 5.10 Å². The molecule has 2 unspecified atom stereocenters. The highest BCUT2D eigenvalue weighted by atomic mass is 16.5. The van der Waals surface area contributed by atoms with Gasteiger partial charge in [0.1, 0.15) is 5.75 Å². The molecule has 172 valence electrons. The van der Waals surface area contributed by atoms with Crippen LogP contribution in [0.2, 0.25) is 0 Å². The van der Waals surface area contributed by atoms with E-state index in [0.717, 1.165) is 36.0 Å². The third-order valence-corrected chi connectivity index (χ3v) is 6.73. The summed E-state index contributed by atoms with van der Waals surface area (Å²) >= 11 is 0. The van der Waals surface area contributed by atoms with Crippen molar-refractivity contribution in [1.29, 1.82) is 0 Å². The Balaban J connectivity index is 1.31. The Morgan fingerprint density at radius 2 is 1.91 bits per heavy atom. The van der Waals surface area contributed by atoms with Crippen LogP contribution in [0.4, 0.5) is 0 Å². The maximum atomic E-state index is 13.2. The molecule has 2 fully saturated rings. The summed E-state index contributed by atoms with van der Waals surface area (Å²) in [6, 6.07) is 16.6. The number of aromatic nitrogens is 2. The van der Waals surface area contributed by atoms with Gasteiger partial charge in [-0.05, 0) is 25.0 Å². The highest BCUT2D eigenvalue weighted by Crippen LogP contribution is 2.31. The molecule has 7 heteroatoms. The van der Waals surface area contributed by atoms with Crippen LogP contribution in [0.3, 0.4) is 0 Å². The summed E-state index contributed by atoms with van der Waals surface area (Å²) in [5, 5.41) is 8.73. The molecule has 7 nitrogen and oxygen atoms in total. The number of hydrogen-bond acceptors (Lipinski definition) is 5. The van der Waals surface area contributed by atoms with Crippen LogP contribution in [-0.4, -0.2) is 59.0 Å². The van der Waals surface area contributed by atoms with Gasteiger partial charge in [-0.1, -0.05) is 42.5 Å². The van der Waals surface area contributed by atoms with E-state index >= 15 is 0 Å². The summed E-state index contributed by atoms with van der Waals surface area (Å²) in [5.74, 6) is 0.796. The summed E-state index contributed by atoms with van der Waals surface area (Å²) in [6.07, 6.45) is 3.49. The van der Waals surface area contributed by atoms with E-state index < -0.39 is 0 Å². The maximum absolute atomic E-state index is 13.2. The van der Waals surface area contributed by atoms with Gasteiger partial charge in [0.25, 0.3) is 5.91 Å². The molecule has 2 aliphatic heterocycles. The van der Waals surface area contributed by atoms with E-state index in [1.165, 1.54) is 5.56 Å². The summed E-state index contributed by atoms with van der Waals surface area (Å²) < 4.78 is 13.3. The fourth-order valence-electron chi connectivity index (χ4n) is 5.21. The van der Waals surface area contributed by atoms with Crippen molar-refractivity contribution in [1.82, 2.24) is 20.0 Å². The van der Waals surface area contributed by atoms with Gasteiger partial charge in [0, 0.05) is 35.6 Å². The van der Waals surface area contributed by atoms with Gasteiger partial charge >= 0.3 is 0 Å². The number of fused-ring (bicyclic) bond motifs is 3. The number of ether oxygens (including phenoxy) is 2. The zero-order valence-corrected chi connectivity index (χ0v) is 18.9. The Morgan fingerprint density at radius 3 is 2.67 bits per heavy atom. The van der Waals surface area contributed by atoms with Crippen molar-refractivity contribution in [3.63, 3.8) is 0 Å². The number of nitrogens with zero attached hydrogens (tertiary/aromatic N) is 3. The van der Waals surface area contributed by atoms with Crippen molar-refractivity contribution < 1.29 is 14.3 Å². The number of morpholine rings is 1. The molecule has 2 aromatic carbocycles. The molecule has 3 aromatic rings. The van der Waals surface area contributed by atoms with Crippen LogP contribution >= 0.6 is 0 Å². The van der Waals surface area contributed by atoms with E-state index in [1.54, 1.807) is 13.2 Å². The highest BCUT2D eigenvalue weighted by molar-refractivity contribution is 6.05. The number of allylic oxidation sites excluding steroid dienone is 1. The van der Waals surface area contributed by atoms with Crippen molar-refractivity contribution in [2.45, 2.75) is 44.1 Å². The number of benzene rings is 2. The number of rotatable bonds is 7. The Hall–Kier alpha value is -3.16. The number of hydrogen-bond donors (Lipinski definition) is 1. The van der Waals surface area contributed by atoms with Gasteiger partial charge in [-0.25, -0.2) is 0 Å². The molecule has 33 heavy (non-hydrogen) atoms. The van der Waals surface area contributed by atoms with Gasteiger partial charge in [0.2, 0.25) is 0 Å². The lowest BCUT2D eigenvalue weighted by atomic mass is 9.89. The molecule has 1 amide bonds. The zero-order chi connectivity index (χ0) is 22.8. The van der Waals surface area contributed by atoms with E-state index in [9.17, 15) is 4.79 Å². The summed E-state index contributed by atoms with van der Waals surface area (Å²) in [4.78, 5) is 15.8. The highest BCUT2D eigenvalue weighted by Gasteiger charge is 2.40. The lowest BCUT2D eigenvalue weighted by Gasteiger charge is -2.48. The molecular weight excluding hydrogens is 416 g/mol. The second-order valence-electron chi connectivity index (χ2n) is 8.81. The molecule has 2 bridgehead atoms. The normalized spacial score (nSPS) is 22.8. The van der Waals surface area contributed by atoms with Crippen LogP contribution in [0, 0.1) is 0 Å². The maximum Gasteiger partial charge on any atom is 0.272 e. The molecule has 1 aromatic heterocycles. The number of carbonyl (C=O) groups excluding carboxylic acids is 1. The molecule has 3 heterocycles. The number of piperidine rings is 1. The van der Waals surface area contributed by atoms with E-state index in [2.05, 4.69) is 28.0 Å². The minimum absolute atomic E-state index is 0.0913. The third kappa shape index (κ3) is 4.26. The summed E-state index contributed by atoms with van der Waals surface area (Å²) in [5.41, 5.74) is 2.60. The van der Waals surface area contributed by atoms with Gasteiger partial charge in [0.15, 0.2) is 5.69 Å². The van der Waals surface area contributed by atoms with Crippen LogP contribution in [0.15, 0.2) is 61.2 Å². The molecular formula is C26H30N4O3. The molecule has 0 radical (unpaired) electrons. The van der Waals surface area contributed by atoms with Gasteiger partial charge < -0.3 is 14.8 Å². The number of para-hydroxylation sites is 2. The third-order valence-electron chi connectivity index (χ3n) is 6.73. The first-order chi connectivity index (χ1) is 16.2. The first-order valence-electron chi connectivity index (χ1n) is 11.5. The Labute approximate surface area is 194 Å². The number of carbonyl (C=O) groups is 1. The first kappa shape index (κ1) is 21.7. The first-order valence-corrected chi connectivity index (χ1v) is 11.5. The molecule has 0 aliphatic carbocycles. The smallest absolute Gasteiger partial charge is 0.272 e. The van der Waals surface area contributed by atoms with E-state index in [0.29, 0.717) is 25.5 Å². The largest absolute Gasteiger partial charge is 0.496 e. The van der Waals surface area contributed by atoms with Crippen molar-refractivity contribution in [3.8, 4) is 5.75 Å². The molecule has 1 N–H and O–H groups in total. The Kier molecular flexibility index (Phi) is 6.15. The van der Waals surface area contributed by atoms with E-state index in [-0.39, 0.29) is 24.0 Å². The lowest BCUT2D eigenvalue weighted by Crippen LogP contribution is -2.60. The van der Waals surface area contributed by atoms with E-state index in [4.69, 9.17) is 9.47 Å². The van der Waals surface area contributed by atoms with Gasteiger partial charge in [0.05, 0.1) is 32.4 Å². The van der Waals surface area contributed by atoms with Crippen molar-refractivity contribution in [2.75, 3.05) is 20.3 Å². The SMILES string of the molecule is C=CCn1nc(C(=O)NC2CC3COCC(C2)N3Cc2ccccc2OC)c2ccccc21. The van der Waals surface area contributed by atoms with Crippen LogP contribution < -0.4 is 10.1 Å². The summed E-state index contributed by atoms with van der Waals surface area (Å²) in [6.45, 7) is 6.54. The molecule has 0 saturated carbocycles. The fraction of sp³-hybridized carbons (Fsp3) is 0.385. The predicted molar refractivity (Wildman–Crippen MR) is 127 cm³/mol. The monoisotopic (exact) mass is 446 g/mol. The fourth-order valence-corrected chi connectivity index (χ4v) is 5.21. The molecule has 2 saturated heterocycles. The quantitative estimate of drug-likeness (QED) is 0.564. The van der Waals surface area contributed by atoms with Crippen LogP contribution in [0.1, 0.15) is 28.9 Å². The second-order valence-corrected chi connectivity index (χ2v) is 8.81. The number of amides is 1. The van der Waals surface area contributed by atoms with E-state index in [1.807, 2.05) is 47.1 Å². The standard InChI is InChI=1S/C26H30N4O3/c1-3-12-30-23-10-6-5-9-22(23)25(28-30)26(31)27-19-13-20-16-33-17-21(14-19)29(20)15-18-8-4-7-11-24(18)32-2/h3-11,19-21H,1,12-17H2,2H3,(H,27,31).